The second-order valence-electron chi connectivity index (χ2n) is 5.87. The number of hydrogen-bond acceptors (Lipinski definition) is 7. The van der Waals surface area contributed by atoms with Gasteiger partial charge in [-0.25, -0.2) is 4.98 Å². The van der Waals surface area contributed by atoms with Crippen molar-refractivity contribution in [3.8, 4) is 0 Å². The highest BCUT2D eigenvalue weighted by atomic mass is 32.1. The molecule has 7 heteroatoms. The van der Waals surface area contributed by atoms with Crippen LogP contribution in [0.25, 0.3) is 0 Å². The fourth-order valence-corrected chi connectivity index (χ4v) is 3.82. The van der Waals surface area contributed by atoms with Crippen molar-refractivity contribution in [2.45, 2.75) is 13.0 Å². The lowest BCUT2D eigenvalue weighted by Gasteiger charge is -2.48. The van der Waals surface area contributed by atoms with Gasteiger partial charge in [0.2, 0.25) is 5.13 Å². The Kier molecular flexibility index (Phi) is 3.67. The van der Waals surface area contributed by atoms with Crippen LogP contribution in [0.3, 0.4) is 0 Å². The third-order valence-electron chi connectivity index (χ3n) is 4.45. The van der Waals surface area contributed by atoms with Crippen LogP contribution in [0.5, 0.6) is 0 Å². The van der Waals surface area contributed by atoms with E-state index in [1.54, 1.807) is 11.3 Å². The van der Waals surface area contributed by atoms with Crippen molar-refractivity contribution >= 4 is 22.3 Å². The molecule has 0 radical (unpaired) electrons. The van der Waals surface area contributed by atoms with Crippen LogP contribution in [0, 0.1) is 6.92 Å². The zero-order chi connectivity index (χ0) is 14.9. The molecule has 0 aliphatic carbocycles. The Hall–Kier alpha value is -1.73. The molecule has 4 heterocycles. The van der Waals surface area contributed by atoms with E-state index in [0.29, 0.717) is 6.04 Å². The van der Waals surface area contributed by atoms with Gasteiger partial charge in [0, 0.05) is 51.5 Å². The van der Waals surface area contributed by atoms with Crippen molar-refractivity contribution in [3.63, 3.8) is 0 Å². The molecule has 2 aliphatic heterocycles. The van der Waals surface area contributed by atoms with Crippen molar-refractivity contribution in [2.75, 3.05) is 49.1 Å². The van der Waals surface area contributed by atoms with Crippen molar-refractivity contribution in [1.29, 1.82) is 0 Å². The van der Waals surface area contributed by atoms with Crippen molar-refractivity contribution in [2.24, 2.45) is 0 Å². The van der Waals surface area contributed by atoms with Gasteiger partial charge in [0.25, 0.3) is 0 Å². The number of nitrogens with zero attached hydrogens (tertiary/aromatic N) is 6. The Balaban J connectivity index is 1.29. The topological polar surface area (TPSA) is 48.4 Å². The van der Waals surface area contributed by atoms with Crippen LogP contribution in [0.4, 0.5) is 10.9 Å². The third-order valence-corrected chi connectivity index (χ3v) is 5.35. The predicted molar refractivity (Wildman–Crippen MR) is 88.7 cm³/mol. The Labute approximate surface area is 134 Å². The summed E-state index contributed by atoms with van der Waals surface area (Å²) in [6.07, 6.45) is 1.87. The Bertz CT molecular complexity index is 616. The van der Waals surface area contributed by atoms with Gasteiger partial charge in [0.1, 0.15) is 10.8 Å². The maximum absolute atomic E-state index is 4.45. The zero-order valence-electron chi connectivity index (χ0n) is 12.7. The average molecular weight is 316 g/mol. The third kappa shape index (κ3) is 2.66. The summed E-state index contributed by atoms with van der Waals surface area (Å²) in [6, 6.07) is 6.79. The van der Waals surface area contributed by atoms with Gasteiger partial charge in [0.05, 0.1) is 0 Å². The number of hydrogen-bond donors (Lipinski definition) is 0. The molecular weight excluding hydrogens is 296 g/mol. The minimum Gasteiger partial charge on any atom is -0.354 e. The average Bonchev–Trinajstić information content (AvgIpc) is 2.94. The van der Waals surface area contributed by atoms with Crippen LogP contribution in [-0.2, 0) is 0 Å². The number of aryl methyl sites for hydroxylation is 1. The standard InChI is InChI=1S/C15H20N6S/c1-12-17-18-15(22-12)21-10-13(11-21)19-6-8-20(9-7-19)14-4-2-3-5-16-14/h2-5,13H,6-11H2,1H3. The van der Waals surface area contributed by atoms with Gasteiger partial charge < -0.3 is 9.80 Å². The van der Waals surface area contributed by atoms with E-state index in [-0.39, 0.29) is 0 Å². The van der Waals surface area contributed by atoms with E-state index < -0.39 is 0 Å². The lowest BCUT2D eigenvalue weighted by atomic mass is 10.1. The van der Waals surface area contributed by atoms with E-state index in [1.807, 2.05) is 19.2 Å². The highest BCUT2D eigenvalue weighted by Gasteiger charge is 2.35. The van der Waals surface area contributed by atoms with Gasteiger partial charge in [-0.05, 0) is 19.1 Å². The van der Waals surface area contributed by atoms with Gasteiger partial charge in [-0.15, -0.1) is 10.2 Å². The van der Waals surface area contributed by atoms with E-state index in [2.05, 4.69) is 42.0 Å². The molecule has 2 aromatic rings. The van der Waals surface area contributed by atoms with E-state index in [9.17, 15) is 0 Å². The highest BCUT2D eigenvalue weighted by molar-refractivity contribution is 7.15. The second kappa shape index (κ2) is 5.81. The number of aromatic nitrogens is 3. The molecule has 2 aromatic heterocycles. The number of rotatable bonds is 3. The Morgan fingerprint density at radius 3 is 2.50 bits per heavy atom. The van der Waals surface area contributed by atoms with Crippen LogP contribution < -0.4 is 9.80 Å². The largest absolute Gasteiger partial charge is 0.354 e. The molecule has 0 N–H and O–H groups in total. The van der Waals surface area contributed by atoms with Gasteiger partial charge in [-0.3, -0.25) is 4.90 Å². The number of pyridine rings is 1. The highest BCUT2D eigenvalue weighted by Crippen LogP contribution is 2.27. The van der Waals surface area contributed by atoms with Gasteiger partial charge >= 0.3 is 0 Å². The number of anilines is 2. The molecule has 0 amide bonds. The molecule has 0 aromatic carbocycles. The summed E-state index contributed by atoms with van der Waals surface area (Å²) in [4.78, 5) is 11.8. The maximum Gasteiger partial charge on any atom is 0.208 e. The molecule has 0 atom stereocenters. The van der Waals surface area contributed by atoms with Crippen molar-refractivity contribution in [3.05, 3.63) is 29.4 Å². The second-order valence-corrected chi connectivity index (χ2v) is 7.03. The molecule has 2 saturated heterocycles. The van der Waals surface area contributed by atoms with E-state index in [0.717, 1.165) is 55.2 Å². The summed E-state index contributed by atoms with van der Waals surface area (Å²) < 4.78 is 0. The first-order valence-electron chi connectivity index (χ1n) is 7.75. The monoisotopic (exact) mass is 316 g/mol. The maximum atomic E-state index is 4.45. The molecule has 6 nitrogen and oxygen atoms in total. The fourth-order valence-electron chi connectivity index (χ4n) is 3.11. The molecule has 0 bridgehead atoms. The summed E-state index contributed by atoms with van der Waals surface area (Å²) in [5, 5.41) is 10.4. The van der Waals surface area contributed by atoms with Crippen LogP contribution in [-0.4, -0.2) is 65.4 Å². The quantitative estimate of drug-likeness (QED) is 0.849. The molecule has 2 fully saturated rings. The minimum absolute atomic E-state index is 0.662. The van der Waals surface area contributed by atoms with Crippen LogP contribution in [0.15, 0.2) is 24.4 Å². The molecule has 0 spiro atoms. The lowest BCUT2D eigenvalue weighted by Crippen LogP contribution is -2.63. The molecule has 4 rings (SSSR count). The predicted octanol–water partition coefficient (Wildman–Crippen LogP) is 1.25. The molecule has 2 aliphatic rings. The SMILES string of the molecule is Cc1nnc(N2CC(N3CCN(c4ccccn4)CC3)C2)s1. The van der Waals surface area contributed by atoms with Gasteiger partial charge in [-0.2, -0.15) is 0 Å². The van der Waals surface area contributed by atoms with Gasteiger partial charge in [-0.1, -0.05) is 17.4 Å². The summed E-state index contributed by atoms with van der Waals surface area (Å²) in [5.41, 5.74) is 0. The van der Waals surface area contributed by atoms with Gasteiger partial charge in [0.15, 0.2) is 0 Å². The van der Waals surface area contributed by atoms with Crippen molar-refractivity contribution < 1.29 is 0 Å². The summed E-state index contributed by atoms with van der Waals surface area (Å²) in [6.45, 7) is 8.52. The first kappa shape index (κ1) is 13.9. The minimum atomic E-state index is 0.662. The fraction of sp³-hybridized carbons (Fsp3) is 0.533. The zero-order valence-corrected chi connectivity index (χ0v) is 13.5. The summed E-state index contributed by atoms with van der Waals surface area (Å²) >= 11 is 1.69. The molecule has 116 valence electrons. The summed E-state index contributed by atoms with van der Waals surface area (Å²) in [5.74, 6) is 1.10. The summed E-state index contributed by atoms with van der Waals surface area (Å²) in [7, 11) is 0. The van der Waals surface area contributed by atoms with Crippen LogP contribution in [0.2, 0.25) is 0 Å². The van der Waals surface area contributed by atoms with E-state index in [4.69, 9.17) is 0 Å². The lowest BCUT2D eigenvalue weighted by molar-refractivity contribution is 0.157. The number of piperazine rings is 1. The Morgan fingerprint density at radius 1 is 1.05 bits per heavy atom. The van der Waals surface area contributed by atoms with Crippen molar-refractivity contribution in [1.82, 2.24) is 20.1 Å². The smallest absolute Gasteiger partial charge is 0.208 e. The first-order chi connectivity index (χ1) is 10.8. The van der Waals surface area contributed by atoms with Crippen LogP contribution in [0.1, 0.15) is 5.01 Å². The normalized spacial score (nSPS) is 20.2. The molecule has 22 heavy (non-hydrogen) atoms. The molecule has 0 saturated carbocycles. The van der Waals surface area contributed by atoms with Crippen LogP contribution >= 0.6 is 11.3 Å². The van der Waals surface area contributed by atoms with E-state index in [1.165, 1.54) is 0 Å². The molecule has 0 unspecified atom stereocenters. The van der Waals surface area contributed by atoms with E-state index >= 15 is 0 Å². The molecular formula is C15H20N6S. The first-order valence-corrected chi connectivity index (χ1v) is 8.56. The Morgan fingerprint density at radius 2 is 1.86 bits per heavy atom.